The molecule has 2 heterocycles. The van der Waals surface area contributed by atoms with E-state index in [0.717, 1.165) is 44.0 Å². The van der Waals surface area contributed by atoms with Crippen molar-refractivity contribution < 1.29 is 14.2 Å². The van der Waals surface area contributed by atoms with Gasteiger partial charge < -0.3 is 23.3 Å². The summed E-state index contributed by atoms with van der Waals surface area (Å²) in [6, 6.07) is 10.7. The molecule has 0 atom stereocenters. The number of methoxy groups -OCH3 is 3. The number of nitrogens with zero attached hydrogens (tertiary/aromatic N) is 4. The quantitative estimate of drug-likeness (QED) is 0.267. The van der Waals surface area contributed by atoms with Crippen LogP contribution >= 0.6 is 15.9 Å². The van der Waals surface area contributed by atoms with E-state index in [4.69, 9.17) is 19.2 Å². The second-order valence-electron chi connectivity index (χ2n) is 8.51. The van der Waals surface area contributed by atoms with Crippen molar-refractivity contribution in [3.05, 3.63) is 64.1 Å². The Morgan fingerprint density at radius 1 is 1.06 bits per heavy atom. The van der Waals surface area contributed by atoms with Crippen LogP contribution in [0.3, 0.4) is 0 Å². The number of aromatic nitrogens is 4. The maximum absolute atomic E-state index is 5.87. The average molecular weight is 527 g/mol. The molecule has 4 rings (SSSR count). The summed E-state index contributed by atoms with van der Waals surface area (Å²) in [4.78, 5) is 9.50. The molecular weight excluding hydrogens is 496 g/mol. The smallest absolute Gasteiger partial charge is 0.145 e. The van der Waals surface area contributed by atoms with Crippen LogP contribution in [0.25, 0.3) is 22.4 Å². The van der Waals surface area contributed by atoms with E-state index >= 15 is 0 Å². The molecule has 34 heavy (non-hydrogen) atoms. The first-order valence-corrected chi connectivity index (χ1v) is 12.1. The highest BCUT2D eigenvalue weighted by Crippen LogP contribution is 2.38. The van der Waals surface area contributed by atoms with Gasteiger partial charge in [-0.15, -0.1) is 0 Å². The molecule has 2 aromatic heterocycles. The molecule has 0 unspecified atom stereocenters. The third-order valence-corrected chi connectivity index (χ3v) is 6.87. The van der Waals surface area contributed by atoms with E-state index < -0.39 is 0 Å². The van der Waals surface area contributed by atoms with Crippen molar-refractivity contribution in [2.75, 3.05) is 27.9 Å². The van der Waals surface area contributed by atoms with E-state index in [1.807, 2.05) is 6.20 Å². The zero-order valence-corrected chi connectivity index (χ0v) is 21.9. The normalized spacial score (nSPS) is 11.6. The molecule has 0 saturated carbocycles. The first kappa shape index (κ1) is 24.4. The van der Waals surface area contributed by atoms with Crippen LogP contribution in [0.5, 0.6) is 5.75 Å². The molecule has 4 aromatic rings. The highest BCUT2D eigenvalue weighted by atomic mass is 79.9. The molecule has 0 N–H and O–H groups in total. The minimum Gasteiger partial charge on any atom is -0.494 e. The molecular formula is C26H31BrN4O3. The van der Waals surface area contributed by atoms with Crippen molar-refractivity contribution in [1.82, 2.24) is 19.1 Å². The van der Waals surface area contributed by atoms with Crippen LogP contribution in [0.15, 0.2) is 47.2 Å². The minimum absolute atomic E-state index is 0.451. The number of halogens is 1. The summed E-state index contributed by atoms with van der Waals surface area (Å²) in [6.07, 6.45) is 3.74. The molecule has 0 fully saturated rings. The maximum Gasteiger partial charge on any atom is 0.145 e. The lowest BCUT2D eigenvalue weighted by Crippen LogP contribution is -2.08. The first-order valence-electron chi connectivity index (χ1n) is 11.3. The first-order chi connectivity index (χ1) is 16.5. The van der Waals surface area contributed by atoms with Crippen LogP contribution in [0, 0.1) is 0 Å². The van der Waals surface area contributed by atoms with E-state index in [2.05, 4.69) is 74.2 Å². The Hall–Kier alpha value is -2.68. The van der Waals surface area contributed by atoms with Gasteiger partial charge in [0.05, 0.1) is 24.7 Å². The summed E-state index contributed by atoms with van der Waals surface area (Å²) >= 11 is 3.85. The van der Waals surface area contributed by atoms with Crippen LogP contribution in [0.4, 0.5) is 0 Å². The summed E-state index contributed by atoms with van der Waals surface area (Å²) in [7, 11) is 5.08. The third kappa shape index (κ3) is 4.76. The van der Waals surface area contributed by atoms with Crippen molar-refractivity contribution >= 4 is 27.0 Å². The van der Waals surface area contributed by atoms with Gasteiger partial charge in [0.25, 0.3) is 0 Å². The molecule has 180 valence electrons. The number of hydrogen-bond acceptors (Lipinski definition) is 5. The van der Waals surface area contributed by atoms with Gasteiger partial charge in [0.15, 0.2) is 0 Å². The molecule has 0 aliphatic rings. The minimum atomic E-state index is 0.451. The number of hydrogen-bond donors (Lipinski definition) is 0. The van der Waals surface area contributed by atoms with E-state index in [1.165, 1.54) is 5.56 Å². The van der Waals surface area contributed by atoms with Gasteiger partial charge in [0.1, 0.15) is 35.0 Å². The Morgan fingerprint density at radius 2 is 1.82 bits per heavy atom. The summed E-state index contributed by atoms with van der Waals surface area (Å²) in [5.74, 6) is 3.01. The van der Waals surface area contributed by atoms with Gasteiger partial charge >= 0.3 is 0 Å². The average Bonchev–Trinajstić information content (AvgIpc) is 3.44. The summed E-state index contributed by atoms with van der Waals surface area (Å²) in [6.45, 7) is 6.70. The molecule has 0 bridgehead atoms. The summed E-state index contributed by atoms with van der Waals surface area (Å²) < 4.78 is 21.8. The monoisotopic (exact) mass is 526 g/mol. The lowest BCUT2D eigenvalue weighted by molar-refractivity contribution is 0.174. The van der Waals surface area contributed by atoms with Crippen molar-refractivity contribution in [3.8, 4) is 17.1 Å². The predicted octanol–water partition coefficient (Wildman–Crippen LogP) is 5.64. The summed E-state index contributed by atoms with van der Waals surface area (Å²) in [5.41, 5.74) is 5.22. The second kappa shape index (κ2) is 10.7. The Morgan fingerprint density at radius 3 is 2.47 bits per heavy atom. The Kier molecular flexibility index (Phi) is 7.70. The number of ether oxygens (including phenoxy) is 3. The van der Waals surface area contributed by atoms with Gasteiger partial charge in [0.2, 0.25) is 0 Å². The molecule has 0 spiro atoms. The zero-order valence-electron chi connectivity index (χ0n) is 20.3. The molecule has 8 heteroatoms. The summed E-state index contributed by atoms with van der Waals surface area (Å²) in [5, 5.41) is 0. The van der Waals surface area contributed by atoms with Crippen molar-refractivity contribution in [1.29, 1.82) is 0 Å². The fourth-order valence-corrected chi connectivity index (χ4v) is 4.66. The van der Waals surface area contributed by atoms with E-state index in [-0.39, 0.29) is 0 Å². The van der Waals surface area contributed by atoms with Gasteiger partial charge in [0, 0.05) is 38.7 Å². The molecule has 0 aliphatic heterocycles. The molecule has 0 radical (unpaired) electrons. The molecule has 0 amide bonds. The zero-order chi connectivity index (χ0) is 24.2. The lowest BCUT2D eigenvalue weighted by Gasteiger charge is -2.14. The largest absolute Gasteiger partial charge is 0.494 e. The SMILES string of the molecule is COCCn1c(-c2ccc(C(C)C)cc2)nc2c(Br)c(Cn3ccnc3COC)cc(OC)c21. The molecule has 0 saturated heterocycles. The van der Waals surface area contributed by atoms with E-state index in [1.54, 1.807) is 27.5 Å². The Bertz CT molecular complexity index is 1260. The predicted molar refractivity (Wildman–Crippen MR) is 137 cm³/mol. The number of imidazole rings is 2. The van der Waals surface area contributed by atoms with Crippen LogP contribution in [0.2, 0.25) is 0 Å². The van der Waals surface area contributed by atoms with Crippen LogP contribution in [-0.4, -0.2) is 47.0 Å². The number of rotatable bonds is 10. The molecule has 2 aromatic carbocycles. The highest BCUT2D eigenvalue weighted by molar-refractivity contribution is 9.10. The highest BCUT2D eigenvalue weighted by Gasteiger charge is 2.22. The van der Waals surface area contributed by atoms with Gasteiger partial charge in [-0.3, -0.25) is 0 Å². The van der Waals surface area contributed by atoms with Crippen molar-refractivity contribution in [2.45, 2.75) is 39.5 Å². The van der Waals surface area contributed by atoms with Gasteiger partial charge in [-0.05, 0) is 39.0 Å². The number of benzene rings is 2. The van der Waals surface area contributed by atoms with E-state index in [9.17, 15) is 0 Å². The van der Waals surface area contributed by atoms with Crippen LogP contribution in [-0.2, 0) is 29.2 Å². The van der Waals surface area contributed by atoms with Gasteiger partial charge in [-0.2, -0.15) is 0 Å². The second-order valence-corrected chi connectivity index (χ2v) is 9.30. The van der Waals surface area contributed by atoms with E-state index in [0.29, 0.717) is 32.2 Å². The van der Waals surface area contributed by atoms with Crippen molar-refractivity contribution in [3.63, 3.8) is 0 Å². The molecule has 0 aliphatic carbocycles. The third-order valence-electron chi connectivity index (χ3n) is 5.99. The van der Waals surface area contributed by atoms with Crippen molar-refractivity contribution in [2.24, 2.45) is 0 Å². The molecule has 7 nitrogen and oxygen atoms in total. The van der Waals surface area contributed by atoms with Crippen LogP contribution in [0.1, 0.15) is 36.7 Å². The fourth-order valence-electron chi connectivity index (χ4n) is 4.14. The Labute approximate surface area is 208 Å². The maximum atomic E-state index is 5.87. The van der Waals surface area contributed by atoms with Gasteiger partial charge in [-0.1, -0.05) is 38.1 Å². The van der Waals surface area contributed by atoms with Gasteiger partial charge in [-0.25, -0.2) is 9.97 Å². The topological polar surface area (TPSA) is 63.3 Å². The Balaban J connectivity index is 1.86. The fraction of sp³-hybridized carbons (Fsp3) is 0.385. The number of fused-ring (bicyclic) bond motifs is 1. The standard InChI is InChI=1S/C26H31BrN4O3/c1-17(2)18-6-8-19(9-7-18)26-29-24-23(27)20(15-30-11-10-28-22(30)16-33-4)14-21(34-5)25(24)31(26)12-13-32-3/h6-11,14,17H,12-13,15-16H2,1-5H3. The lowest BCUT2D eigenvalue weighted by atomic mass is 10.0. The van der Waals surface area contributed by atoms with Crippen LogP contribution < -0.4 is 4.74 Å².